The molecular weight excluding hydrogens is 323 g/mol. The molecule has 20 heavy (non-hydrogen) atoms. The maximum atomic E-state index is 12.3. The molecule has 0 radical (unpaired) electrons. The van der Waals surface area contributed by atoms with Gasteiger partial charge in [-0.05, 0) is 32.9 Å². The summed E-state index contributed by atoms with van der Waals surface area (Å²) in [6.07, 6.45) is -0.584. The molecule has 0 N–H and O–H groups in total. The third-order valence-electron chi connectivity index (χ3n) is 2.47. The Hall–Kier alpha value is -0.970. The second-order valence-corrected chi connectivity index (χ2v) is 6.29. The fourth-order valence-corrected chi connectivity index (χ4v) is 2.36. The monoisotopic (exact) mass is 334 g/mol. The van der Waals surface area contributed by atoms with Crippen molar-refractivity contribution in [2.24, 2.45) is 0 Å². The molecule has 0 aliphatic rings. The van der Waals surface area contributed by atoms with Gasteiger partial charge in [0.2, 0.25) is 0 Å². The first-order valence-corrected chi connectivity index (χ1v) is 7.18. The summed E-state index contributed by atoms with van der Waals surface area (Å²) < 4.78 is 6.62. The molecule has 2 rings (SSSR count). The van der Waals surface area contributed by atoms with Crippen LogP contribution in [0.25, 0.3) is 11.0 Å². The van der Waals surface area contributed by atoms with Crippen molar-refractivity contribution in [3.63, 3.8) is 0 Å². The van der Waals surface area contributed by atoms with E-state index in [4.69, 9.17) is 39.5 Å². The van der Waals surface area contributed by atoms with Gasteiger partial charge in [-0.15, -0.1) is 11.6 Å². The standard InChI is InChI=1S/C13H13Cl3N2O2/c1-13(2,3)20-12(19)18-9(6-14)17-10-7(15)4-5-8(16)11(10)18/h4-5H,6H2,1-3H3. The van der Waals surface area contributed by atoms with Crippen molar-refractivity contribution in [2.75, 3.05) is 0 Å². The number of hydrogen-bond donors (Lipinski definition) is 0. The molecular formula is C13H13Cl3N2O2. The molecule has 0 saturated heterocycles. The lowest BCUT2D eigenvalue weighted by atomic mass is 10.2. The van der Waals surface area contributed by atoms with E-state index in [1.54, 1.807) is 32.9 Å². The number of carbonyl (C=O) groups excluding carboxylic acids is 1. The van der Waals surface area contributed by atoms with E-state index in [1.807, 2.05) is 0 Å². The highest BCUT2D eigenvalue weighted by atomic mass is 35.5. The molecule has 0 atom stereocenters. The van der Waals surface area contributed by atoms with E-state index < -0.39 is 11.7 Å². The Morgan fingerprint density at radius 3 is 2.45 bits per heavy atom. The first-order chi connectivity index (χ1) is 9.24. The van der Waals surface area contributed by atoms with Crippen LogP contribution >= 0.6 is 34.8 Å². The van der Waals surface area contributed by atoms with E-state index in [0.717, 1.165) is 0 Å². The molecule has 7 heteroatoms. The Bertz CT molecular complexity index is 674. The van der Waals surface area contributed by atoms with Crippen molar-refractivity contribution in [1.82, 2.24) is 9.55 Å². The fourth-order valence-electron chi connectivity index (χ4n) is 1.75. The lowest BCUT2D eigenvalue weighted by Gasteiger charge is -2.20. The van der Waals surface area contributed by atoms with Crippen LogP contribution in [-0.4, -0.2) is 21.2 Å². The third-order valence-corrected chi connectivity index (χ3v) is 3.32. The third kappa shape index (κ3) is 2.87. The molecule has 0 saturated carbocycles. The zero-order chi connectivity index (χ0) is 15.1. The van der Waals surface area contributed by atoms with Crippen LogP contribution in [0.15, 0.2) is 12.1 Å². The fraction of sp³-hybridized carbons (Fsp3) is 0.385. The molecule has 0 aliphatic carbocycles. The van der Waals surface area contributed by atoms with Gasteiger partial charge in [-0.1, -0.05) is 23.2 Å². The summed E-state index contributed by atoms with van der Waals surface area (Å²) in [6, 6.07) is 3.23. The Labute approximate surface area is 131 Å². The van der Waals surface area contributed by atoms with E-state index in [1.165, 1.54) is 4.57 Å². The van der Waals surface area contributed by atoms with E-state index in [9.17, 15) is 4.79 Å². The SMILES string of the molecule is CC(C)(C)OC(=O)n1c(CCl)nc2c(Cl)ccc(Cl)c21. The Morgan fingerprint density at radius 2 is 1.90 bits per heavy atom. The smallest absolute Gasteiger partial charge is 0.420 e. The lowest BCUT2D eigenvalue weighted by molar-refractivity contribution is 0.0540. The van der Waals surface area contributed by atoms with Crippen molar-refractivity contribution < 1.29 is 9.53 Å². The number of aromatic nitrogens is 2. The minimum absolute atomic E-state index is 0.0422. The number of imidazole rings is 1. The van der Waals surface area contributed by atoms with Gasteiger partial charge in [-0.3, -0.25) is 0 Å². The van der Waals surface area contributed by atoms with Gasteiger partial charge < -0.3 is 4.74 Å². The van der Waals surface area contributed by atoms with Crippen LogP contribution in [-0.2, 0) is 10.6 Å². The Balaban J connectivity index is 2.68. The molecule has 0 bridgehead atoms. The van der Waals surface area contributed by atoms with Gasteiger partial charge in [-0.2, -0.15) is 0 Å². The van der Waals surface area contributed by atoms with Crippen LogP contribution < -0.4 is 0 Å². The predicted molar refractivity (Wildman–Crippen MR) is 80.9 cm³/mol. The Morgan fingerprint density at radius 1 is 1.30 bits per heavy atom. The molecule has 1 aromatic carbocycles. The van der Waals surface area contributed by atoms with E-state index in [-0.39, 0.29) is 5.88 Å². The van der Waals surface area contributed by atoms with Crippen LogP contribution in [0.4, 0.5) is 4.79 Å². The van der Waals surface area contributed by atoms with Gasteiger partial charge in [0.25, 0.3) is 0 Å². The predicted octanol–water partition coefficient (Wildman–Crippen LogP) is 4.87. The van der Waals surface area contributed by atoms with Crippen LogP contribution in [0.1, 0.15) is 26.6 Å². The van der Waals surface area contributed by atoms with Crippen LogP contribution in [0.2, 0.25) is 10.0 Å². The number of fused-ring (bicyclic) bond motifs is 1. The number of carbonyl (C=O) groups is 1. The first-order valence-electron chi connectivity index (χ1n) is 5.89. The average molecular weight is 336 g/mol. The number of alkyl halides is 1. The number of benzene rings is 1. The molecule has 0 fully saturated rings. The number of halogens is 3. The highest BCUT2D eigenvalue weighted by molar-refractivity contribution is 6.39. The maximum absolute atomic E-state index is 12.3. The van der Waals surface area contributed by atoms with Gasteiger partial charge in [-0.25, -0.2) is 14.3 Å². The largest absolute Gasteiger partial charge is 0.443 e. The van der Waals surface area contributed by atoms with Crippen molar-refractivity contribution in [3.8, 4) is 0 Å². The van der Waals surface area contributed by atoms with Crippen molar-refractivity contribution >= 4 is 51.9 Å². The summed E-state index contributed by atoms with van der Waals surface area (Å²) in [5.74, 6) is 0.381. The van der Waals surface area contributed by atoms with Crippen molar-refractivity contribution in [3.05, 3.63) is 28.0 Å². The first kappa shape index (κ1) is 15.4. The normalized spacial score (nSPS) is 11.9. The quantitative estimate of drug-likeness (QED) is 0.699. The second-order valence-electron chi connectivity index (χ2n) is 5.20. The zero-order valence-corrected chi connectivity index (χ0v) is 13.5. The van der Waals surface area contributed by atoms with Gasteiger partial charge in [0.15, 0.2) is 0 Å². The molecule has 0 unspecified atom stereocenters. The lowest BCUT2D eigenvalue weighted by Crippen LogP contribution is -2.28. The molecule has 4 nitrogen and oxygen atoms in total. The topological polar surface area (TPSA) is 44.1 Å². The summed E-state index contributed by atoms with van der Waals surface area (Å²) in [7, 11) is 0. The van der Waals surface area contributed by atoms with Crippen LogP contribution in [0.5, 0.6) is 0 Å². The molecule has 1 aromatic heterocycles. The highest BCUT2D eigenvalue weighted by Crippen LogP contribution is 2.31. The summed E-state index contributed by atoms with van der Waals surface area (Å²) >= 11 is 18.1. The molecule has 0 spiro atoms. The highest BCUT2D eigenvalue weighted by Gasteiger charge is 2.24. The van der Waals surface area contributed by atoms with E-state index in [0.29, 0.717) is 26.9 Å². The number of nitrogens with zero attached hydrogens (tertiary/aromatic N) is 2. The van der Waals surface area contributed by atoms with E-state index >= 15 is 0 Å². The van der Waals surface area contributed by atoms with Crippen molar-refractivity contribution in [2.45, 2.75) is 32.3 Å². The van der Waals surface area contributed by atoms with Gasteiger partial charge >= 0.3 is 6.09 Å². The van der Waals surface area contributed by atoms with Crippen LogP contribution in [0.3, 0.4) is 0 Å². The number of ether oxygens (including phenoxy) is 1. The summed E-state index contributed by atoms with van der Waals surface area (Å²) in [5.41, 5.74) is 0.201. The molecule has 0 aliphatic heterocycles. The maximum Gasteiger partial charge on any atom is 0.420 e. The molecule has 2 aromatic rings. The van der Waals surface area contributed by atoms with Crippen molar-refractivity contribution in [1.29, 1.82) is 0 Å². The van der Waals surface area contributed by atoms with Gasteiger partial charge in [0.1, 0.15) is 16.9 Å². The summed E-state index contributed by atoms with van der Waals surface area (Å²) in [5, 5.41) is 0.761. The number of rotatable bonds is 1. The van der Waals surface area contributed by atoms with Gasteiger partial charge in [0.05, 0.1) is 21.4 Å². The summed E-state index contributed by atoms with van der Waals surface area (Å²) in [6.45, 7) is 5.33. The Kier molecular flexibility index (Phi) is 4.19. The minimum atomic E-state index is -0.637. The minimum Gasteiger partial charge on any atom is -0.443 e. The van der Waals surface area contributed by atoms with E-state index in [2.05, 4.69) is 4.98 Å². The summed E-state index contributed by atoms with van der Waals surface area (Å²) in [4.78, 5) is 16.6. The number of hydrogen-bond acceptors (Lipinski definition) is 3. The molecule has 1 heterocycles. The van der Waals surface area contributed by atoms with Crippen LogP contribution in [0, 0.1) is 0 Å². The molecule has 0 amide bonds. The van der Waals surface area contributed by atoms with Gasteiger partial charge in [0, 0.05) is 0 Å². The average Bonchev–Trinajstić information content (AvgIpc) is 2.72. The zero-order valence-electron chi connectivity index (χ0n) is 11.2. The second kappa shape index (κ2) is 5.43. The molecule has 108 valence electrons.